The Morgan fingerprint density at radius 3 is 2.83 bits per heavy atom. The number of H-pyrrole nitrogens is 1. The summed E-state index contributed by atoms with van der Waals surface area (Å²) in [6, 6.07) is 3.92. The van der Waals surface area contributed by atoms with Crippen LogP contribution in [-0.2, 0) is 6.42 Å². The van der Waals surface area contributed by atoms with Gasteiger partial charge in [0, 0.05) is 31.4 Å². The molecule has 0 aliphatic carbocycles. The van der Waals surface area contributed by atoms with E-state index in [0.717, 1.165) is 23.9 Å². The fraction of sp³-hybridized carbons (Fsp3) is 0.308. The second kappa shape index (κ2) is 5.73. The highest BCUT2D eigenvalue weighted by Crippen LogP contribution is 2.15. The van der Waals surface area contributed by atoms with Crippen LogP contribution in [0, 0.1) is 11.6 Å². The van der Waals surface area contributed by atoms with Crippen LogP contribution in [0.4, 0.5) is 8.78 Å². The van der Waals surface area contributed by atoms with Crippen molar-refractivity contribution < 1.29 is 8.78 Å². The zero-order chi connectivity index (χ0) is 13.0. The Bertz CT molecular complexity index is 497. The van der Waals surface area contributed by atoms with E-state index in [1.807, 2.05) is 6.92 Å². The number of rotatable bonds is 5. The Hall–Kier alpha value is -1.75. The summed E-state index contributed by atoms with van der Waals surface area (Å²) in [5.74, 6) is -0.728. The van der Waals surface area contributed by atoms with Crippen LogP contribution in [0.1, 0.15) is 24.4 Å². The lowest BCUT2D eigenvalue weighted by Crippen LogP contribution is -2.21. The summed E-state index contributed by atoms with van der Waals surface area (Å²) < 4.78 is 25.9. The average Bonchev–Trinajstić information content (AvgIpc) is 2.85. The van der Waals surface area contributed by atoms with Gasteiger partial charge in [0.2, 0.25) is 0 Å². The van der Waals surface area contributed by atoms with E-state index >= 15 is 0 Å². The third-order valence-corrected chi connectivity index (χ3v) is 2.81. The quantitative estimate of drug-likeness (QED) is 0.857. The summed E-state index contributed by atoms with van der Waals surface area (Å²) in [7, 11) is 0. The first-order valence-electron chi connectivity index (χ1n) is 5.83. The first-order chi connectivity index (χ1) is 8.66. The number of nitrogens with zero attached hydrogens (tertiary/aromatic N) is 1. The van der Waals surface area contributed by atoms with Gasteiger partial charge in [-0.15, -0.1) is 0 Å². The molecule has 1 aromatic carbocycles. The van der Waals surface area contributed by atoms with Gasteiger partial charge in [0.25, 0.3) is 0 Å². The molecule has 0 amide bonds. The van der Waals surface area contributed by atoms with Crippen LogP contribution in [-0.4, -0.2) is 16.5 Å². The number of imidazole rings is 1. The maximum absolute atomic E-state index is 13.1. The average molecular weight is 251 g/mol. The number of nitrogens with one attached hydrogen (secondary N) is 2. The van der Waals surface area contributed by atoms with Gasteiger partial charge < -0.3 is 10.3 Å². The predicted molar refractivity (Wildman–Crippen MR) is 65.1 cm³/mol. The number of aromatic nitrogens is 2. The maximum Gasteiger partial charge on any atom is 0.159 e. The summed E-state index contributed by atoms with van der Waals surface area (Å²) in [4.78, 5) is 7.11. The summed E-state index contributed by atoms with van der Waals surface area (Å²) in [6.45, 7) is 2.63. The molecule has 2 aromatic rings. The Balaban J connectivity index is 1.87. The molecule has 0 bridgehead atoms. The standard InChI is InChI=1S/C13H15F2N3/c1-9(10-2-3-11(14)12(15)8-10)16-5-4-13-17-6-7-18-13/h2-3,6-9,16H,4-5H2,1H3,(H,17,18). The predicted octanol–water partition coefficient (Wildman–Crippen LogP) is 2.58. The second-order valence-electron chi connectivity index (χ2n) is 4.14. The molecule has 3 nitrogen and oxygen atoms in total. The largest absolute Gasteiger partial charge is 0.349 e. The summed E-state index contributed by atoms with van der Waals surface area (Å²) >= 11 is 0. The molecule has 5 heteroatoms. The van der Waals surface area contributed by atoms with Crippen molar-refractivity contribution in [2.75, 3.05) is 6.54 Å². The van der Waals surface area contributed by atoms with Crippen LogP contribution in [0.15, 0.2) is 30.6 Å². The minimum Gasteiger partial charge on any atom is -0.349 e. The van der Waals surface area contributed by atoms with E-state index in [9.17, 15) is 8.78 Å². The van der Waals surface area contributed by atoms with Crippen LogP contribution >= 0.6 is 0 Å². The lowest BCUT2D eigenvalue weighted by atomic mass is 10.1. The molecule has 2 rings (SSSR count). The van der Waals surface area contributed by atoms with Gasteiger partial charge >= 0.3 is 0 Å². The van der Waals surface area contributed by atoms with Crippen LogP contribution in [0.3, 0.4) is 0 Å². The van der Waals surface area contributed by atoms with Crippen molar-refractivity contribution >= 4 is 0 Å². The van der Waals surface area contributed by atoms with Crippen molar-refractivity contribution in [3.8, 4) is 0 Å². The molecule has 0 aliphatic rings. The normalized spacial score (nSPS) is 12.6. The number of aromatic amines is 1. The smallest absolute Gasteiger partial charge is 0.159 e. The first-order valence-corrected chi connectivity index (χ1v) is 5.83. The lowest BCUT2D eigenvalue weighted by molar-refractivity contribution is 0.500. The van der Waals surface area contributed by atoms with E-state index in [2.05, 4.69) is 15.3 Å². The Morgan fingerprint density at radius 1 is 1.33 bits per heavy atom. The molecular weight excluding hydrogens is 236 g/mol. The van der Waals surface area contributed by atoms with Crippen molar-refractivity contribution in [1.29, 1.82) is 0 Å². The van der Waals surface area contributed by atoms with Gasteiger partial charge in [-0.1, -0.05) is 6.07 Å². The van der Waals surface area contributed by atoms with E-state index in [-0.39, 0.29) is 6.04 Å². The maximum atomic E-state index is 13.1. The van der Waals surface area contributed by atoms with Gasteiger partial charge in [-0.3, -0.25) is 0 Å². The molecule has 18 heavy (non-hydrogen) atoms. The molecule has 0 spiro atoms. The van der Waals surface area contributed by atoms with Gasteiger partial charge in [-0.25, -0.2) is 13.8 Å². The third kappa shape index (κ3) is 3.13. The minimum atomic E-state index is -0.818. The second-order valence-corrected chi connectivity index (χ2v) is 4.14. The van der Waals surface area contributed by atoms with E-state index in [0.29, 0.717) is 6.54 Å². The van der Waals surface area contributed by atoms with E-state index in [1.54, 1.807) is 18.5 Å². The topological polar surface area (TPSA) is 40.7 Å². The zero-order valence-electron chi connectivity index (χ0n) is 10.1. The Morgan fingerprint density at radius 2 is 2.17 bits per heavy atom. The number of hydrogen-bond acceptors (Lipinski definition) is 2. The third-order valence-electron chi connectivity index (χ3n) is 2.81. The molecule has 0 saturated heterocycles. The fourth-order valence-corrected chi connectivity index (χ4v) is 1.74. The van der Waals surface area contributed by atoms with Crippen molar-refractivity contribution in [2.24, 2.45) is 0 Å². The minimum absolute atomic E-state index is 0.0323. The van der Waals surface area contributed by atoms with Crippen molar-refractivity contribution in [3.63, 3.8) is 0 Å². The van der Waals surface area contributed by atoms with Crippen LogP contribution in [0.25, 0.3) is 0 Å². The number of benzene rings is 1. The Kier molecular flexibility index (Phi) is 4.04. The number of halogens is 2. The molecular formula is C13H15F2N3. The van der Waals surface area contributed by atoms with Crippen LogP contribution in [0.2, 0.25) is 0 Å². The number of hydrogen-bond donors (Lipinski definition) is 2. The zero-order valence-corrected chi connectivity index (χ0v) is 10.1. The first kappa shape index (κ1) is 12.7. The van der Waals surface area contributed by atoms with Crippen molar-refractivity contribution in [1.82, 2.24) is 15.3 Å². The molecule has 1 atom stereocenters. The molecule has 0 saturated carbocycles. The summed E-state index contributed by atoms with van der Waals surface area (Å²) in [5.41, 5.74) is 0.730. The molecule has 0 radical (unpaired) electrons. The highest BCUT2D eigenvalue weighted by Gasteiger charge is 2.08. The highest BCUT2D eigenvalue weighted by molar-refractivity contribution is 5.20. The van der Waals surface area contributed by atoms with E-state index < -0.39 is 11.6 Å². The lowest BCUT2D eigenvalue weighted by Gasteiger charge is -2.13. The van der Waals surface area contributed by atoms with Crippen molar-refractivity contribution in [2.45, 2.75) is 19.4 Å². The molecule has 96 valence electrons. The molecule has 1 heterocycles. The van der Waals surface area contributed by atoms with Gasteiger partial charge in [0.15, 0.2) is 11.6 Å². The van der Waals surface area contributed by atoms with Gasteiger partial charge in [-0.05, 0) is 24.6 Å². The molecule has 2 N–H and O–H groups in total. The fourth-order valence-electron chi connectivity index (χ4n) is 1.74. The van der Waals surface area contributed by atoms with Gasteiger partial charge in [0.05, 0.1) is 0 Å². The SMILES string of the molecule is CC(NCCc1ncc[nH]1)c1ccc(F)c(F)c1. The van der Waals surface area contributed by atoms with Crippen LogP contribution in [0.5, 0.6) is 0 Å². The van der Waals surface area contributed by atoms with Crippen LogP contribution < -0.4 is 5.32 Å². The highest BCUT2D eigenvalue weighted by atomic mass is 19.2. The molecule has 1 aromatic heterocycles. The molecule has 0 aliphatic heterocycles. The molecule has 1 unspecified atom stereocenters. The summed E-state index contributed by atoms with van der Waals surface area (Å²) in [6.07, 6.45) is 4.24. The van der Waals surface area contributed by atoms with Gasteiger partial charge in [0.1, 0.15) is 5.82 Å². The monoisotopic (exact) mass is 251 g/mol. The van der Waals surface area contributed by atoms with E-state index in [4.69, 9.17) is 0 Å². The summed E-state index contributed by atoms with van der Waals surface area (Å²) in [5, 5.41) is 3.23. The van der Waals surface area contributed by atoms with E-state index in [1.165, 1.54) is 6.07 Å². The van der Waals surface area contributed by atoms with Gasteiger partial charge in [-0.2, -0.15) is 0 Å². The molecule has 0 fully saturated rings. The Labute approximate surface area is 104 Å². The van der Waals surface area contributed by atoms with Crippen molar-refractivity contribution in [3.05, 3.63) is 53.6 Å².